The molecule has 2 heterocycles. The second-order valence-electron chi connectivity index (χ2n) is 14.8. The normalized spacial score (nSPS) is 13.1. The van der Waals surface area contributed by atoms with Crippen LogP contribution in [0.4, 0.5) is 17.1 Å². The highest BCUT2D eigenvalue weighted by atomic mass is 16.4. The molecule has 0 N–H and O–H groups in total. The molecular weight excluding hydrogens is 661 g/mol. The van der Waals surface area contributed by atoms with Gasteiger partial charge in [0.1, 0.15) is 16.7 Å². The first kappa shape index (κ1) is 30.7. The molecule has 11 rings (SSSR count). The third-order valence-corrected chi connectivity index (χ3v) is 11.3. The Balaban J connectivity index is 1.12. The Morgan fingerprint density at radius 2 is 1.17 bits per heavy atom. The SMILES string of the molecule is CC1(C)c2ccccc2-c2ccc(N(c3ccc4oc5cc6nc(-c7ccccc7)oc6cc5c4c3)c3ccccc3-c3ccc4ccccc4c3)cc21. The van der Waals surface area contributed by atoms with Crippen LogP contribution in [0.15, 0.2) is 179 Å². The average molecular weight is 695 g/mol. The zero-order valence-electron chi connectivity index (χ0n) is 29.9. The van der Waals surface area contributed by atoms with Gasteiger partial charge in [-0.2, -0.15) is 0 Å². The van der Waals surface area contributed by atoms with Crippen molar-refractivity contribution in [1.82, 2.24) is 4.98 Å². The number of aromatic nitrogens is 1. The Morgan fingerprint density at radius 1 is 0.463 bits per heavy atom. The molecule has 256 valence electrons. The number of anilines is 3. The summed E-state index contributed by atoms with van der Waals surface area (Å²) < 4.78 is 12.8. The lowest BCUT2D eigenvalue weighted by atomic mass is 9.82. The van der Waals surface area contributed by atoms with E-state index in [-0.39, 0.29) is 5.41 Å². The van der Waals surface area contributed by atoms with E-state index in [2.05, 4.69) is 152 Å². The quantitative estimate of drug-likeness (QED) is 0.180. The topological polar surface area (TPSA) is 42.4 Å². The number of rotatable bonds is 5. The summed E-state index contributed by atoms with van der Waals surface area (Å²) in [4.78, 5) is 7.21. The van der Waals surface area contributed by atoms with Crippen molar-refractivity contribution in [2.45, 2.75) is 19.3 Å². The Hall–Kier alpha value is -6.91. The molecule has 0 saturated heterocycles. The third kappa shape index (κ3) is 4.66. The lowest BCUT2D eigenvalue weighted by Gasteiger charge is -2.30. The van der Waals surface area contributed by atoms with E-state index in [0.717, 1.165) is 61.2 Å². The van der Waals surface area contributed by atoms with Gasteiger partial charge in [-0.15, -0.1) is 0 Å². The van der Waals surface area contributed by atoms with E-state index in [1.165, 1.54) is 38.6 Å². The van der Waals surface area contributed by atoms with Crippen LogP contribution < -0.4 is 4.90 Å². The summed E-state index contributed by atoms with van der Waals surface area (Å²) in [6.45, 7) is 4.68. The van der Waals surface area contributed by atoms with Gasteiger partial charge in [-0.3, -0.25) is 0 Å². The van der Waals surface area contributed by atoms with Crippen molar-refractivity contribution < 1.29 is 8.83 Å². The van der Waals surface area contributed by atoms with E-state index in [9.17, 15) is 0 Å². The molecule has 0 unspecified atom stereocenters. The number of fused-ring (bicyclic) bond motifs is 8. The number of hydrogen-bond donors (Lipinski definition) is 0. The van der Waals surface area contributed by atoms with E-state index in [0.29, 0.717) is 5.89 Å². The highest BCUT2D eigenvalue weighted by molar-refractivity contribution is 6.10. The van der Waals surface area contributed by atoms with Crippen molar-refractivity contribution in [2.24, 2.45) is 0 Å². The van der Waals surface area contributed by atoms with Gasteiger partial charge in [-0.1, -0.05) is 117 Å². The molecule has 0 saturated carbocycles. The molecule has 0 bridgehead atoms. The van der Waals surface area contributed by atoms with Gasteiger partial charge in [-0.05, 0) is 99.3 Å². The lowest BCUT2D eigenvalue weighted by Crippen LogP contribution is -2.16. The highest BCUT2D eigenvalue weighted by Gasteiger charge is 2.36. The minimum absolute atomic E-state index is 0.142. The second-order valence-corrected chi connectivity index (χ2v) is 14.8. The predicted molar refractivity (Wildman–Crippen MR) is 222 cm³/mol. The summed E-state index contributed by atoms with van der Waals surface area (Å²) in [7, 11) is 0. The zero-order valence-corrected chi connectivity index (χ0v) is 29.9. The Bertz CT molecular complexity index is 3100. The zero-order chi connectivity index (χ0) is 36.0. The van der Waals surface area contributed by atoms with E-state index in [1.807, 2.05) is 36.4 Å². The van der Waals surface area contributed by atoms with Gasteiger partial charge < -0.3 is 13.7 Å². The molecule has 54 heavy (non-hydrogen) atoms. The van der Waals surface area contributed by atoms with Crippen molar-refractivity contribution in [3.63, 3.8) is 0 Å². The maximum absolute atomic E-state index is 6.48. The van der Waals surface area contributed by atoms with E-state index in [1.54, 1.807) is 0 Å². The standard InChI is InChI=1S/C50H34N2O2/c1-50(2)42-18-10-8-17-38(42)39-24-22-36(28-43(39)50)52(45-19-11-9-16-37(45)34-21-20-31-12-6-7-15-33(31)26-34)35-23-25-46-40(27-35)41-29-48-44(30-47(41)53-46)51-49(54-48)32-13-4-3-5-14-32/h3-30H,1-2H3. The summed E-state index contributed by atoms with van der Waals surface area (Å²) in [5, 5.41) is 4.45. The van der Waals surface area contributed by atoms with Crippen LogP contribution in [0.1, 0.15) is 25.0 Å². The van der Waals surface area contributed by atoms with Crippen LogP contribution in [0, 0.1) is 0 Å². The number of nitrogens with zero attached hydrogens (tertiary/aromatic N) is 2. The number of furan rings is 1. The molecule has 0 radical (unpaired) electrons. The Morgan fingerprint density at radius 3 is 2.06 bits per heavy atom. The molecule has 0 fully saturated rings. The molecule has 4 nitrogen and oxygen atoms in total. The summed E-state index contributed by atoms with van der Waals surface area (Å²) in [6, 6.07) is 60.4. The van der Waals surface area contributed by atoms with Crippen molar-refractivity contribution in [3.8, 4) is 33.7 Å². The molecule has 1 aliphatic rings. The molecule has 8 aromatic carbocycles. The van der Waals surface area contributed by atoms with Gasteiger partial charge in [0.15, 0.2) is 5.58 Å². The largest absolute Gasteiger partial charge is 0.456 e. The van der Waals surface area contributed by atoms with Crippen molar-refractivity contribution >= 4 is 60.9 Å². The Labute approximate surface area is 312 Å². The summed E-state index contributed by atoms with van der Waals surface area (Å²) in [5.74, 6) is 0.599. The third-order valence-electron chi connectivity index (χ3n) is 11.3. The highest BCUT2D eigenvalue weighted by Crippen LogP contribution is 2.51. The lowest BCUT2D eigenvalue weighted by molar-refractivity contribution is 0.620. The smallest absolute Gasteiger partial charge is 0.227 e. The maximum Gasteiger partial charge on any atom is 0.227 e. The molecule has 0 aliphatic heterocycles. The number of oxazole rings is 1. The van der Waals surface area contributed by atoms with Crippen LogP contribution >= 0.6 is 0 Å². The summed E-state index contributed by atoms with van der Waals surface area (Å²) >= 11 is 0. The molecule has 10 aromatic rings. The predicted octanol–water partition coefficient (Wildman–Crippen LogP) is 14.0. The molecule has 0 atom stereocenters. The molecule has 0 spiro atoms. The molecule has 4 heteroatoms. The monoisotopic (exact) mass is 694 g/mol. The van der Waals surface area contributed by atoms with Crippen LogP contribution in [0.3, 0.4) is 0 Å². The van der Waals surface area contributed by atoms with Crippen molar-refractivity contribution in [3.05, 3.63) is 181 Å². The van der Waals surface area contributed by atoms with Gasteiger partial charge >= 0.3 is 0 Å². The first-order valence-corrected chi connectivity index (χ1v) is 18.4. The van der Waals surface area contributed by atoms with Crippen LogP contribution in [0.5, 0.6) is 0 Å². The summed E-state index contributed by atoms with van der Waals surface area (Å²) in [6.07, 6.45) is 0. The minimum Gasteiger partial charge on any atom is -0.456 e. The van der Waals surface area contributed by atoms with E-state index < -0.39 is 0 Å². The fourth-order valence-electron chi connectivity index (χ4n) is 8.56. The van der Waals surface area contributed by atoms with Gasteiger partial charge in [0.05, 0.1) is 5.69 Å². The molecular formula is C50H34N2O2. The van der Waals surface area contributed by atoms with Gasteiger partial charge in [0.25, 0.3) is 0 Å². The van der Waals surface area contributed by atoms with Crippen LogP contribution in [-0.2, 0) is 5.41 Å². The average Bonchev–Trinajstić information content (AvgIpc) is 3.87. The summed E-state index contributed by atoms with van der Waals surface area (Å²) in [5.41, 5.74) is 14.7. The van der Waals surface area contributed by atoms with Crippen LogP contribution in [0.25, 0.3) is 77.5 Å². The first-order valence-electron chi connectivity index (χ1n) is 18.4. The van der Waals surface area contributed by atoms with Gasteiger partial charge in [-0.25, -0.2) is 4.98 Å². The molecule has 0 amide bonds. The fraction of sp³-hybridized carbons (Fsp3) is 0.0600. The molecule has 2 aromatic heterocycles. The van der Waals surface area contributed by atoms with Crippen molar-refractivity contribution in [1.29, 1.82) is 0 Å². The van der Waals surface area contributed by atoms with E-state index in [4.69, 9.17) is 13.8 Å². The number of hydrogen-bond acceptors (Lipinski definition) is 4. The van der Waals surface area contributed by atoms with Gasteiger partial charge in [0.2, 0.25) is 5.89 Å². The van der Waals surface area contributed by atoms with Crippen LogP contribution in [-0.4, -0.2) is 4.98 Å². The van der Waals surface area contributed by atoms with Gasteiger partial charge in [0, 0.05) is 44.8 Å². The van der Waals surface area contributed by atoms with Crippen molar-refractivity contribution in [2.75, 3.05) is 4.90 Å². The number of para-hydroxylation sites is 1. The fourth-order valence-corrected chi connectivity index (χ4v) is 8.56. The van der Waals surface area contributed by atoms with E-state index >= 15 is 0 Å². The first-order chi connectivity index (χ1) is 26.5. The number of benzene rings is 8. The van der Waals surface area contributed by atoms with Crippen LogP contribution in [0.2, 0.25) is 0 Å². The minimum atomic E-state index is -0.142. The molecule has 1 aliphatic carbocycles. The maximum atomic E-state index is 6.48. The second kappa shape index (κ2) is 11.5. The Kier molecular flexibility index (Phi) is 6.56.